The molecule has 0 saturated heterocycles. The van der Waals surface area contributed by atoms with Gasteiger partial charge in [-0.2, -0.15) is 0 Å². The van der Waals surface area contributed by atoms with E-state index in [9.17, 15) is 14.0 Å². The van der Waals surface area contributed by atoms with E-state index >= 15 is 0 Å². The predicted octanol–water partition coefficient (Wildman–Crippen LogP) is 2.89. The van der Waals surface area contributed by atoms with Crippen molar-refractivity contribution in [1.29, 1.82) is 0 Å². The fraction of sp³-hybridized carbons (Fsp3) is 0.500. The number of rotatable bonds is 2. The maximum absolute atomic E-state index is 13.5. The molecule has 0 aromatic heterocycles. The van der Waals surface area contributed by atoms with Crippen LogP contribution in [0.1, 0.15) is 27.2 Å². The van der Waals surface area contributed by atoms with Crippen molar-refractivity contribution < 1.29 is 28.2 Å². The van der Waals surface area contributed by atoms with Crippen LogP contribution >= 0.6 is 0 Å². The molecule has 1 amide bonds. The smallest absolute Gasteiger partial charge is 0.415 e. The molecule has 6 nitrogen and oxygen atoms in total. The number of methoxy groups -OCH3 is 1. The zero-order chi connectivity index (χ0) is 17.2. The number of carbonyl (C=O) groups is 2. The molecule has 0 N–H and O–H groups in total. The lowest BCUT2D eigenvalue weighted by Crippen LogP contribution is -2.46. The maximum atomic E-state index is 13.5. The van der Waals surface area contributed by atoms with Crippen molar-refractivity contribution in [2.75, 3.05) is 18.6 Å². The molecule has 1 aliphatic heterocycles. The molecule has 7 heteroatoms. The zero-order valence-electron chi connectivity index (χ0n) is 13.6. The van der Waals surface area contributed by atoms with Gasteiger partial charge in [-0.3, -0.25) is 9.69 Å². The lowest BCUT2D eigenvalue weighted by Gasteiger charge is -2.35. The molecule has 1 heterocycles. The quantitative estimate of drug-likeness (QED) is 0.782. The molecule has 1 atom stereocenters. The minimum absolute atomic E-state index is 0.0212. The summed E-state index contributed by atoms with van der Waals surface area (Å²) in [7, 11) is 1.28. The van der Waals surface area contributed by atoms with Crippen LogP contribution in [0.3, 0.4) is 0 Å². The first-order valence-corrected chi connectivity index (χ1v) is 7.23. The molecule has 126 valence electrons. The SMILES string of the molecule is COC(=O)CC1CN(C(=O)OC(C)(C)C)c2cc(F)ccc2O1. The second kappa shape index (κ2) is 6.44. The number of fused-ring (bicyclic) bond motifs is 1. The highest BCUT2D eigenvalue weighted by Gasteiger charge is 2.34. The molecule has 1 aliphatic rings. The van der Waals surface area contributed by atoms with Gasteiger partial charge < -0.3 is 14.2 Å². The molecule has 0 radical (unpaired) electrons. The minimum Gasteiger partial charge on any atom is -0.486 e. The molecule has 0 aliphatic carbocycles. The number of hydrogen-bond donors (Lipinski definition) is 0. The summed E-state index contributed by atoms with van der Waals surface area (Å²) < 4.78 is 29.1. The van der Waals surface area contributed by atoms with Gasteiger partial charge in [0, 0.05) is 6.07 Å². The van der Waals surface area contributed by atoms with Gasteiger partial charge in [-0.1, -0.05) is 0 Å². The standard InChI is InChI=1S/C16H20FNO5/c1-16(2,3)23-15(20)18-9-11(8-14(19)21-4)22-13-6-5-10(17)7-12(13)18/h5-7,11H,8-9H2,1-4H3. The van der Waals surface area contributed by atoms with E-state index in [0.29, 0.717) is 5.75 Å². The van der Waals surface area contributed by atoms with E-state index in [1.54, 1.807) is 20.8 Å². The average molecular weight is 325 g/mol. The van der Waals surface area contributed by atoms with Crippen LogP contribution in [0.2, 0.25) is 0 Å². The van der Waals surface area contributed by atoms with Crippen molar-refractivity contribution in [1.82, 2.24) is 0 Å². The van der Waals surface area contributed by atoms with E-state index in [0.717, 1.165) is 0 Å². The first-order valence-electron chi connectivity index (χ1n) is 7.23. The van der Waals surface area contributed by atoms with E-state index in [-0.39, 0.29) is 18.7 Å². The average Bonchev–Trinajstić information content (AvgIpc) is 2.44. The lowest BCUT2D eigenvalue weighted by atomic mass is 10.1. The largest absolute Gasteiger partial charge is 0.486 e. The summed E-state index contributed by atoms with van der Waals surface area (Å²) in [6.45, 7) is 5.29. The van der Waals surface area contributed by atoms with Crippen molar-refractivity contribution >= 4 is 17.7 Å². The number of benzene rings is 1. The number of amides is 1. The van der Waals surface area contributed by atoms with Crippen LogP contribution < -0.4 is 9.64 Å². The summed E-state index contributed by atoms with van der Waals surface area (Å²) >= 11 is 0. The molecule has 0 bridgehead atoms. The third-order valence-corrected chi connectivity index (χ3v) is 3.13. The highest BCUT2D eigenvalue weighted by atomic mass is 19.1. The number of nitrogens with zero attached hydrogens (tertiary/aromatic N) is 1. The fourth-order valence-electron chi connectivity index (χ4n) is 2.19. The first-order chi connectivity index (χ1) is 10.7. The Labute approximate surface area is 134 Å². The summed E-state index contributed by atoms with van der Waals surface area (Å²) in [4.78, 5) is 25.1. The van der Waals surface area contributed by atoms with E-state index in [1.807, 2.05) is 0 Å². The summed E-state index contributed by atoms with van der Waals surface area (Å²) in [6.07, 6.45) is -1.23. The van der Waals surface area contributed by atoms with E-state index in [4.69, 9.17) is 9.47 Å². The maximum Gasteiger partial charge on any atom is 0.415 e. The second-order valence-corrected chi connectivity index (χ2v) is 6.22. The topological polar surface area (TPSA) is 65.1 Å². The monoisotopic (exact) mass is 325 g/mol. The van der Waals surface area contributed by atoms with Gasteiger partial charge in [0.05, 0.1) is 25.8 Å². The van der Waals surface area contributed by atoms with Gasteiger partial charge in [0.2, 0.25) is 0 Å². The van der Waals surface area contributed by atoms with Gasteiger partial charge in [0.15, 0.2) is 0 Å². The minimum atomic E-state index is -0.694. The third kappa shape index (κ3) is 4.34. The van der Waals surface area contributed by atoms with Crippen molar-refractivity contribution in [2.45, 2.75) is 38.9 Å². The van der Waals surface area contributed by atoms with E-state index in [2.05, 4.69) is 4.74 Å². The van der Waals surface area contributed by atoms with Crippen LogP contribution in [0.4, 0.5) is 14.9 Å². The first kappa shape index (κ1) is 17.1. The fourth-order valence-corrected chi connectivity index (χ4v) is 2.19. The third-order valence-electron chi connectivity index (χ3n) is 3.13. The number of anilines is 1. The molecule has 23 heavy (non-hydrogen) atoms. The molecule has 1 aromatic rings. The van der Waals surface area contributed by atoms with E-state index < -0.39 is 29.6 Å². The molecule has 0 fully saturated rings. The highest BCUT2D eigenvalue weighted by molar-refractivity contribution is 5.90. The summed E-state index contributed by atoms with van der Waals surface area (Å²) in [6, 6.07) is 3.85. The van der Waals surface area contributed by atoms with Gasteiger partial charge in [-0.25, -0.2) is 9.18 Å². The van der Waals surface area contributed by atoms with Crippen LogP contribution in [-0.4, -0.2) is 37.4 Å². The van der Waals surface area contributed by atoms with Gasteiger partial charge in [-0.15, -0.1) is 0 Å². The molecular weight excluding hydrogens is 305 g/mol. The predicted molar refractivity (Wildman–Crippen MR) is 81.0 cm³/mol. The Morgan fingerprint density at radius 2 is 2.09 bits per heavy atom. The number of halogens is 1. The Balaban J connectivity index is 2.29. The molecule has 0 spiro atoms. The van der Waals surface area contributed by atoms with Gasteiger partial charge in [0.1, 0.15) is 23.3 Å². The van der Waals surface area contributed by atoms with Crippen LogP contribution in [-0.2, 0) is 14.3 Å². The molecule has 0 saturated carbocycles. The van der Waals surface area contributed by atoms with Crippen LogP contribution in [0, 0.1) is 5.82 Å². The van der Waals surface area contributed by atoms with Gasteiger partial charge >= 0.3 is 12.1 Å². The van der Waals surface area contributed by atoms with Crippen molar-refractivity contribution in [3.8, 4) is 5.75 Å². The van der Waals surface area contributed by atoms with Crippen LogP contribution in [0.15, 0.2) is 18.2 Å². The number of carbonyl (C=O) groups excluding carboxylic acids is 2. The Bertz CT molecular complexity index is 611. The number of hydrogen-bond acceptors (Lipinski definition) is 5. The Hall–Kier alpha value is -2.31. The van der Waals surface area contributed by atoms with Crippen LogP contribution in [0.25, 0.3) is 0 Å². The Morgan fingerprint density at radius 3 is 2.70 bits per heavy atom. The normalized spacial score (nSPS) is 17.1. The van der Waals surface area contributed by atoms with Crippen molar-refractivity contribution in [3.05, 3.63) is 24.0 Å². The lowest BCUT2D eigenvalue weighted by molar-refractivity contribution is -0.142. The summed E-state index contributed by atoms with van der Waals surface area (Å²) in [5.41, 5.74) is -0.416. The number of esters is 1. The summed E-state index contributed by atoms with van der Waals surface area (Å²) in [5, 5.41) is 0. The molecule has 1 unspecified atom stereocenters. The van der Waals surface area contributed by atoms with Crippen molar-refractivity contribution in [3.63, 3.8) is 0 Å². The number of ether oxygens (including phenoxy) is 3. The van der Waals surface area contributed by atoms with E-state index in [1.165, 1.54) is 30.2 Å². The Morgan fingerprint density at radius 1 is 1.39 bits per heavy atom. The highest BCUT2D eigenvalue weighted by Crippen LogP contribution is 2.35. The molecular formula is C16H20FNO5. The molecule has 2 rings (SSSR count). The van der Waals surface area contributed by atoms with Gasteiger partial charge in [-0.05, 0) is 32.9 Å². The van der Waals surface area contributed by atoms with Gasteiger partial charge in [0.25, 0.3) is 0 Å². The summed E-state index contributed by atoms with van der Waals surface area (Å²) in [5.74, 6) is -0.630. The molecule has 1 aromatic carbocycles. The van der Waals surface area contributed by atoms with Crippen molar-refractivity contribution in [2.24, 2.45) is 0 Å². The second-order valence-electron chi connectivity index (χ2n) is 6.22. The zero-order valence-corrected chi connectivity index (χ0v) is 13.6. The van der Waals surface area contributed by atoms with Crippen LogP contribution in [0.5, 0.6) is 5.75 Å². The Kier molecular flexibility index (Phi) is 4.77.